The molecule has 4 rings (SSSR count). The normalized spacial score (nSPS) is 13.7. The Kier molecular flexibility index (Phi) is 4.69. The maximum Gasteiger partial charge on any atom is 0.234 e. The summed E-state index contributed by atoms with van der Waals surface area (Å²) in [5, 5.41) is 20.0. The lowest BCUT2D eigenvalue weighted by molar-refractivity contribution is -0.113. The Morgan fingerprint density at radius 2 is 1.96 bits per heavy atom. The van der Waals surface area contributed by atoms with Gasteiger partial charge in [0.1, 0.15) is 0 Å². The number of aryl methyl sites for hydroxylation is 2. The van der Waals surface area contributed by atoms with Crippen molar-refractivity contribution in [1.82, 2.24) is 30.0 Å². The van der Waals surface area contributed by atoms with Crippen LogP contribution in [0.5, 0.6) is 0 Å². The second kappa shape index (κ2) is 7.15. The molecule has 2 aromatic heterocycles. The van der Waals surface area contributed by atoms with E-state index in [4.69, 9.17) is 0 Å². The van der Waals surface area contributed by atoms with Crippen molar-refractivity contribution < 1.29 is 4.79 Å². The maximum atomic E-state index is 12.5. The summed E-state index contributed by atoms with van der Waals surface area (Å²) < 4.78 is 3.66. The van der Waals surface area contributed by atoms with Crippen LogP contribution in [0.2, 0.25) is 0 Å². The third kappa shape index (κ3) is 3.73. The van der Waals surface area contributed by atoms with Gasteiger partial charge in [-0.1, -0.05) is 29.5 Å². The Balaban J connectivity index is 1.45. The van der Waals surface area contributed by atoms with E-state index in [0.717, 1.165) is 35.6 Å². The number of benzene rings is 1. The highest BCUT2D eigenvalue weighted by Crippen LogP contribution is 2.36. The zero-order chi connectivity index (χ0) is 19.0. The first-order chi connectivity index (χ1) is 13.0. The average molecular weight is 383 g/mol. The number of nitrogens with zero attached hydrogens (tertiary/aromatic N) is 6. The second-order valence-electron chi connectivity index (χ2n) is 6.77. The van der Waals surface area contributed by atoms with E-state index >= 15 is 0 Å². The van der Waals surface area contributed by atoms with Crippen LogP contribution in [-0.2, 0) is 4.79 Å². The van der Waals surface area contributed by atoms with Crippen molar-refractivity contribution >= 4 is 23.4 Å². The van der Waals surface area contributed by atoms with Crippen LogP contribution in [0.1, 0.15) is 35.8 Å². The molecule has 140 valence electrons. The number of amides is 1. The molecule has 1 aliphatic carbocycles. The Morgan fingerprint density at radius 1 is 1.22 bits per heavy atom. The highest BCUT2D eigenvalue weighted by molar-refractivity contribution is 7.99. The molecule has 1 N–H and O–H groups in total. The van der Waals surface area contributed by atoms with Crippen LogP contribution in [0, 0.1) is 20.8 Å². The van der Waals surface area contributed by atoms with E-state index in [2.05, 4.69) is 25.9 Å². The molecule has 0 aliphatic heterocycles. The Labute approximate surface area is 161 Å². The van der Waals surface area contributed by atoms with Crippen molar-refractivity contribution in [3.05, 3.63) is 41.2 Å². The van der Waals surface area contributed by atoms with Crippen molar-refractivity contribution in [2.75, 3.05) is 11.1 Å². The van der Waals surface area contributed by atoms with Crippen LogP contribution in [-0.4, -0.2) is 41.6 Å². The zero-order valence-electron chi connectivity index (χ0n) is 15.5. The minimum atomic E-state index is -0.0972. The fourth-order valence-electron chi connectivity index (χ4n) is 2.90. The molecule has 0 spiro atoms. The predicted octanol–water partition coefficient (Wildman–Crippen LogP) is 2.85. The fourth-order valence-corrected chi connectivity index (χ4v) is 3.64. The molecular formula is C18H21N7OS. The number of nitrogens with one attached hydrogen (secondary N) is 1. The lowest BCUT2D eigenvalue weighted by Gasteiger charge is -2.07. The van der Waals surface area contributed by atoms with Gasteiger partial charge in [0.05, 0.1) is 34.6 Å². The lowest BCUT2D eigenvalue weighted by Crippen LogP contribution is -2.16. The summed E-state index contributed by atoms with van der Waals surface area (Å²) in [4.78, 5) is 12.5. The number of carbonyl (C=O) groups is 1. The molecule has 27 heavy (non-hydrogen) atoms. The number of thioether (sulfide) groups is 1. The van der Waals surface area contributed by atoms with E-state index in [1.54, 1.807) is 0 Å². The number of rotatable bonds is 6. The van der Waals surface area contributed by atoms with Gasteiger partial charge in [-0.05, 0) is 56.2 Å². The third-order valence-electron chi connectivity index (χ3n) is 4.52. The predicted molar refractivity (Wildman–Crippen MR) is 103 cm³/mol. The zero-order valence-corrected chi connectivity index (χ0v) is 16.3. The quantitative estimate of drug-likeness (QED) is 0.658. The van der Waals surface area contributed by atoms with Crippen LogP contribution in [0.4, 0.5) is 5.69 Å². The van der Waals surface area contributed by atoms with Crippen molar-refractivity contribution in [2.45, 2.75) is 44.8 Å². The van der Waals surface area contributed by atoms with Gasteiger partial charge in [-0.2, -0.15) is 5.10 Å². The summed E-state index contributed by atoms with van der Waals surface area (Å²) >= 11 is 1.35. The van der Waals surface area contributed by atoms with Gasteiger partial charge in [-0.25, -0.2) is 9.36 Å². The Hall–Kier alpha value is -2.68. The molecule has 3 aromatic rings. The molecular weight excluding hydrogens is 362 g/mol. The van der Waals surface area contributed by atoms with E-state index in [1.165, 1.54) is 17.3 Å². The molecule has 0 atom stereocenters. The number of anilines is 1. The molecule has 0 bridgehead atoms. The second-order valence-corrected chi connectivity index (χ2v) is 7.71. The summed E-state index contributed by atoms with van der Waals surface area (Å²) in [6, 6.07) is 8.53. The van der Waals surface area contributed by atoms with Gasteiger partial charge < -0.3 is 5.32 Å². The first kappa shape index (κ1) is 17.7. The summed E-state index contributed by atoms with van der Waals surface area (Å²) in [5.41, 5.74) is 4.61. The van der Waals surface area contributed by atoms with E-state index in [9.17, 15) is 4.79 Å². The largest absolute Gasteiger partial charge is 0.322 e. The van der Waals surface area contributed by atoms with E-state index in [-0.39, 0.29) is 11.7 Å². The van der Waals surface area contributed by atoms with Crippen LogP contribution < -0.4 is 5.32 Å². The van der Waals surface area contributed by atoms with Crippen LogP contribution >= 0.6 is 11.8 Å². The van der Waals surface area contributed by atoms with E-state index < -0.39 is 0 Å². The summed E-state index contributed by atoms with van der Waals surface area (Å²) in [6.45, 7) is 5.90. The molecule has 8 nitrogen and oxygen atoms in total. The highest BCUT2D eigenvalue weighted by atomic mass is 32.2. The summed E-state index contributed by atoms with van der Waals surface area (Å²) in [7, 11) is 0. The molecule has 1 aromatic carbocycles. The molecule has 0 radical (unpaired) electrons. The summed E-state index contributed by atoms with van der Waals surface area (Å²) in [6.07, 6.45) is 2.20. The highest BCUT2D eigenvalue weighted by Gasteiger charge is 2.28. The van der Waals surface area contributed by atoms with Crippen LogP contribution in [0.25, 0.3) is 5.69 Å². The number of tetrazole rings is 1. The minimum absolute atomic E-state index is 0.0972. The first-order valence-electron chi connectivity index (χ1n) is 8.86. The fraction of sp³-hybridized carbons (Fsp3) is 0.389. The molecule has 1 fully saturated rings. The van der Waals surface area contributed by atoms with Gasteiger partial charge in [0.15, 0.2) is 0 Å². The van der Waals surface area contributed by atoms with Gasteiger partial charge in [0.2, 0.25) is 11.1 Å². The van der Waals surface area contributed by atoms with Crippen molar-refractivity contribution in [3.63, 3.8) is 0 Å². The molecule has 1 saturated carbocycles. The third-order valence-corrected chi connectivity index (χ3v) is 5.46. The van der Waals surface area contributed by atoms with Crippen LogP contribution in [0.3, 0.4) is 0 Å². The van der Waals surface area contributed by atoms with E-state index in [0.29, 0.717) is 11.2 Å². The number of hydrogen-bond acceptors (Lipinski definition) is 6. The monoisotopic (exact) mass is 383 g/mol. The molecule has 2 heterocycles. The topological polar surface area (TPSA) is 90.5 Å². The van der Waals surface area contributed by atoms with Gasteiger partial charge in [-0.15, -0.1) is 5.10 Å². The molecule has 9 heteroatoms. The van der Waals surface area contributed by atoms with Crippen molar-refractivity contribution in [3.8, 4) is 5.69 Å². The smallest absolute Gasteiger partial charge is 0.234 e. The number of hydrogen-bond donors (Lipinski definition) is 1. The SMILES string of the molecule is Cc1ccc(-n2nc(C)c(NC(=O)CSc3nnnn3C3CC3)c2C)cc1. The van der Waals surface area contributed by atoms with Gasteiger partial charge in [0.25, 0.3) is 0 Å². The molecule has 0 saturated heterocycles. The number of carbonyl (C=O) groups excluding carboxylic acids is 1. The lowest BCUT2D eigenvalue weighted by atomic mass is 10.2. The van der Waals surface area contributed by atoms with Gasteiger partial charge >= 0.3 is 0 Å². The maximum absolute atomic E-state index is 12.5. The van der Waals surface area contributed by atoms with Gasteiger partial charge in [-0.3, -0.25) is 4.79 Å². The van der Waals surface area contributed by atoms with E-state index in [1.807, 2.05) is 54.4 Å². The van der Waals surface area contributed by atoms with Crippen LogP contribution in [0.15, 0.2) is 29.4 Å². The molecule has 0 unspecified atom stereocenters. The van der Waals surface area contributed by atoms with Gasteiger partial charge in [0, 0.05) is 0 Å². The molecule has 1 aliphatic rings. The van der Waals surface area contributed by atoms with Crippen molar-refractivity contribution in [2.24, 2.45) is 0 Å². The summed E-state index contributed by atoms with van der Waals surface area (Å²) in [5.74, 6) is 0.154. The first-order valence-corrected chi connectivity index (χ1v) is 9.85. The van der Waals surface area contributed by atoms with Crippen molar-refractivity contribution in [1.29, 1.82) is 0 Å². The Bertz CT molecular complexity index is 972. The minimum Gasteiger partial charge on any atom is -0.322 e. The average Bonchev–Trinajstić information content (AvgIpc) is 3.33. The number of aromatic nitrogens is 6. The standard InChI is InChI=1S/C18H21N7OS/c1-11-4-6-14(7-5-11)24-13(3)17(12(2)21-24)19-16(26)10-27-18-20-22-23-25(18)15-8-9-15/h4-7,15H,8-10H2,1-3H3,(H,19,26). The molecule has 1 amide bonds. The Morgan fingerprint density at radius 3 is 2.67 bits per heavy atom.